The number of hydrogen-bond acceptors (Lipinski definition) is 3. The summed E-state index contributed by atoms with van der Waals surface area (Å²) in [5.41, 5.74) is 2.83. The lowest BCUT2D eigenvalue weighted by atomic mass is 10.1. The second-order valence-electron chi connectivity index (χ2n) is 6.36. The van der Waals surface area contributed by atoms with Crippen molar-refractivity contribution in [3.05, 3.63) is 59.4 Å². The smallest absolute Gasteiger partial charge is 0.251 e. The maximum absolute atomic E-state index is 13.1. The van der Waals surface area contributed by atoms with Gasteiger partial charge in [-0.25, -0.2) is 4.39 Å². The Hall–Kier alpha value is -2.01. The molecule has 1 atom stereocenters. The van der Waals surface area contributed by atoms with E-state index in [1.54, 1.807) is 0 Å². The number of nitrogens with zero attached hydrogens (tertiary/aromatic N) is 1. The molecule has 0 bridgehead atoms. The fraction of sp³-hybridized carbons (Fsp3) is 0.350. The Morgan fingerprint density at radius 1 is 1.28 bits per heavy atom. The Bertz CT molecular complexity index is 748. The van der Waals surface area contributed by atoms with Crippen LogP contribution in [0.2, 0.25) is 0 Å². The first-order chi connectivity index (χ1) is 12.1. The number of carbonyl (C=O) groups is 1. The Labute approximate surface area is 152 Å². The molecule has 0 aromatic heterocycles. The summed E-state index contributed by atoms with van der Waals surface area (Å²) >= 11 is 1.81. The Balaban J connectivity index is 1.82. The van der Waals surface area contributed by atoms with Crippen molar-refractivity contribution in [3.63, 3.8) is 0 Å². The Kier molecular flexibility index (Phi) is 5.63. The number of benzene rings is 2. The topological polar surface area (TPSA) is 32.3 Å². The van der Waals surface area contributed by atoms with Crippen LogP contribution in [0.4, 0.5) is 10.1 Å². The van der Waals surface area contributed by atoms with E-state index in [1.165, 1.54) is 17.0 Å². The maximum Gasteiger partial charge on any atom is 0.251 e. The van der Waals surface area contributed by atoms with E-state index in [9.17, 15) is 9.18 Å². The number of fused-ring (bicyclic) bond motifs is 1. The molecule has 5 heteroatoms. The number of rotatable bonds is 5. The minimum absolute atomic E-state index is 0.0329. The van der Waals surface area contributed by atoms with Crippen LogP contribution in [-0.2, 0) is 6.54 Å². The van der Waals surface area contributed by atoms with Gasteiger partial charge in [-0.1, -0.05) is 19.1 Å². The molecule has 1 N–H and O–H groups in total. The van der Waals surface area contributed by atoms with E-state index in [4.69, 9.17) is 0 Å². The maximum atomic E-state index is 13.1. The predicted molar refractivity (Wildman–Crippen MR) is 102 cm³/mol. The lowest BCUT2D eigenvalue weighted by molar-refractivity contribution is 0.0939. The highest BCUT2D eigenvalue weighted by Crippen LogP contribution is 2.36. The van der Waals surface area contributed by atoms with Crippen LogP contribution >= 0.6 is 11.8 Å². The molecule has 1 unspecified atom stereocenters. The highest BCUT2D eigenvalue weighted by Gasteiger charge is 2.20. The molecule has 0 spiro atoms. The molecule has 1 heterocycles. The second kappa shape index (κ2) is 7.91. The van der Waals surface area contributed by atoms with E-state index >= 15 is 0 Å². The lowest BCUT2D eigenvalue weighted by Crippen LogP contribution is -2.33. The molecule has 0 saturated carbocycles. The summed E-state index contributed by atoms with van der Waals surface area (Å²) in [4.78, 5) is 15.9. The molecule has 1 aliphatic rings. The van der Waals surface area contributed by atoms with Crippen LogP contribution in [0.5, 0.6) is 0 Å². The lowest BCUT2D eigenvalue weighted by Gasteiger charge is -2.31. The number of halogens is 1. The van der Waals surface area contributed by atoms with E-state index in [0.29, 0.717) is 12.1 Å². The minimum Gasteiger partial charge on any atom is -0.365 e. The summed E-state index contributed by atoms with van der Waals surface area (Å²) < 4.78 is 13.1. The molecule has 132 valence electrons. The van der Waals surface area contributed by atoms with Gasteiger partial charge in [-0.15, -0.1) is 11.8 Å². The average molecular weight is 358 g/mol. The van der Waals surface area contributed by atoms with Crippen LogP contribution in [0.15, 0.2) is 47.4 Å². The summed E-state index contributed by atoms with van der Waals surface area (Å²) in [5, 5.41) is 3.02. The zero-order chi connectivity index (χ0) is 17.8. The standard InChI is InChI=1S/C20H23FN2OS/c1-3-14(2)22-20(24)16-6-9-19-18(12-16)23(10-11-25-19)13-15-4-7-17(21)8-5-15/h4-9,12,14H,3,10-11,13H2,1-2H3,(H,22,24). The molecule has 0 fully saturated rings. The van der Waals surface area contributed by atoms with Crippen LogP contribution in [-0.4, -0.2) is 24.2 Å². The van der Waals surface area contributed by atoms with E-state index in [1.807, 2.05) is 49.0 Å². The average Bonchev–Trinajstić information content (AvgIpc) is 2.63. The number of carbonyl (C=O) groups excluding carboxylic acids is 1. The Morgan fingerprint density at radius 3 is 2.76 bits per heavy atom. The molecule has 0 saturated heterocycles. The van der Waals surface area contributed by atoms with Gasteiger partial charge in [-0.2, -0.15) is 0 Å². The molecule has 2 aromatic rings. The zero-order valence-electron chi connectivity index (χ0n) is 14.6. The SMILES string of the molecule is CCC(C)NC(=O)c1ccc2c(c1)N(Cc1ccc(F)cc1)CCS2. The van der Waals surface area contributed by atoms with Gasteiger partial charge in [0.1, 0.15) is 5.82 Å². The largest absolute Gasteiger partial charge is 0.365 e. The first-order valence-corrected chi connectivity index (χ1v) is 9.62. The van der Waals surface area contributed by atoms with Gasteiger partial charge in [-0.3, -0.25) is 4.79 Å². The van der Waals surface area contributed by atoms with Crippen LogP contribution < -0.4 is 10.2 Å². The normalized spacial score (nSPS) is 14.8. The number of anilines is 1. The fourth-order valence-corrected chi connectivity index (χ4v) is 3.83. The highest BCUT2D eigenvalue weighted by atomic mass is 32.2. The zero-order valence-corrected chi connectivity index (χ0v) is 15.4. The molecule has 1 aliphatic heterocycles. The predicted octanol–water partition coefficient (Wildman–Crippen LogP) is 4.47. The van der Waals surface area contributed by atoms with Gasteiger partial charge in [-0.05, 0) is 49.2 Å². The summed E-state index contributed by atoms with van der Waals surface area (Å²) in [5.74, 6) is 0.754. The van der Waals surface area contributed by atoms with Crippen LogP contribution in [0, 0.1) is 5.82 Å². The number of thioether (sulfide) groups is 1. The van der Waals surface area contributed by atoms with E-state index in [0.717, 1.165) is 30.0 Å². The fourth-order valence-electron chi connectivity index (χ4n) is 2.80. The summed E-state index contributed by atoms with van der Waals surface area (Å²) in [6, 6.07) is 12.7. The molecule has 3 rings (SSSR count). The van der Waals surface area contributed by atoms with Gasteiger partial charge in [0.05, 0.1) is 5.69 Å². The molecule has 1 amide bonds. The Morgan fingerprint density at radius 2 is 2.04 bits per heavy atom. The molecule has 0 aliphatic carbocycles. The molecular weight excluding hydrogens is 335 g/mol. The van der Waals surface area contributed by atoms with Gasteiger partial charge in [0.25, 0.3) is 5.91 Å². The van der Waals surface area contributed by atoms with Crippen LogP contribution in [0.25, 0.3) is 0 Å². The summed E-state index contributed by atoms with van der Waals surface area (Å²) in [6.07, 6.45) is 0.906. The van der Waals surface area contributed by atoms with E-state index in [2.05, 4.69) is 17.1 Å². The third-order valence-electron chi connectivity index (χ3n) is 4.46. The van der Waals surface area contributed by atoms with Gasteiger partial charge in [0.15, 0.2) is 0 Å². The minimum atomic E-state index is -0.220. The van der Waals surface area contributed by atoms with Crippen LogP contribution in [0.1, 0.15) is 36.2 Å². The molecule has 3 nitrogen and oxygen atoms in total. The third-order valence-corrected chi connectivity index (χ3v) is 5.50. The third kappa shape index (κ3) is 4.34. The molecule has 2 aromatic carbocycles. The van der Waals surface area contributed by atoms with Gasteiger partial charge in [0, 0.05) is 35.3 Å². The van der Waals surface area contributed by atoms with Gasteiger partial charge >= 0.3 is 0 Å². The number of hydrogen-bond donors (Lipinski definition) is 1. The first kappa shape index (κ1) is 17.8. The van der Waals surface area contributed by atoms with Gasteiger partial charge < -0.3 is 10.2 Å². The summed E-state index contributed by atoms with van der Waals surface area (Å²) in [6.45, 7) is 5.68. The highest BCUT2D eigenvalue weighted by molar-refractivity contribution is 7.99. The van der Waals surface area contributed by atoms with Crippen molar-refractivity contribution >= 4 is 23.4 Å². The van der Waals surface area contributed by atoms with Crippen molar-refractivity contribution in [3.8, 4) is 0 Å². The quantitative estimate of drug-likeness (QED) is 0.856. The van der Waals surface area contributed by atoms with Crippen LogP contribution in [0.3, 0.4) is 0 Å². The number of nitrogens with one attached hydrogen (secondary N) is 1. The van der Waals surface area contributed by atoms with Crippen molar-refractivity contribution in [1.29, 1.82) is 0 Å². The monoisotopic (exact) mass is 358 g/mol. The van der Waals surface area contributed by atoms with Gasteiger partial charge in [0.2, 0.25) is 0 Å². The van der Waals surface area contributed by atoms with Crippen molar-refractivity contribution in [2.75, 3.05) is 17.2 Å². The summed E-state index contributed by atoms with van der Waals surface area (Å²) in [7, 11) is 0. The van der Waals surface area contributed by atoms with Crippen molar-refractivity contribution in [2.45, 2.75) is 37.8 Å². The van der Waals surface area contributed by atoms with Crippen molar-refractivity contribution < 1.29 is 9.18 Å². The van der Waals surface area contributed by atoms with E-state index < -0.39 is 0 Å². The van der Waals surface area contributed by atoms with E-state index in [-0.39, 0.29) is 17.8 Å². The molecular formula is C20H23FN2OS. The van der Waals surface area contributed by atoms with Crippen molar-refractivity contribution in [2.24, 2.45) is 0 Å². The first-order valence-electron chi connectivity index (χ1n) is 8.64. The number of amides is 1. The second-order valence-corrected chi connectivity index (χ2v) is 7.50. The molecule has 0 radical (unpaired) electrons. The van der Waals surface area contributed by atoms with Crippen molar-refractivity contribution in [1.82, 2.24) is 5.32 Å². The molecule has 25 heavy (non-hydrogen) atoms.